The molecule has 0 aliphatic carbocycles. The summed E-state index contributed by atoms with van der Waals surface area (Å²) in [7, 11) is 0. The Labute approximate surface area is 210 Å². The van der Waals surface area contributed by atoms with Crippen LogP contribution in [0.2, 0.25) is 0 Å². The highest BCUT2D eigenvalue weighted by Crippen LogP contribution is 2.27. The molecule has 0 spiro atoms. The molecule has 5 heteroatoms. The van der Waals surface area contributed by atoms with Gasteiger partial charge in [-0.3, -0.25) is 4.79 Å². The molecule has 1 saturated heterocycles. The highest BCUT2D eigenvalue weighted by molar-refractivity contribution is 5.83. The summed E-state index contributed by atoms with van der Waals surface area (Å²) in [5.74, 6) is 2.03. The van der Waals surface area contributed by atoms with Crippen LogP contribution in [0.25, 0.3) is 0 Å². The van der Waals surface area contributed by atoms with Gasteiger partial charge in [-0.1, -0.05) is 74.0 Å². The van der Waals surface area contributed by atoms with E-state index in [1.54, 1.807) is 0 Å². The molecule has 1 fully saturated rings. The average Bonchev–Trinajstić information content (AvgIpc) is 3.13. The maximum atomic E-state index is 13.5. The standard InChI is InChI=1S/C30H38N4O/c1-5-26(25-11-8-7-9-12-25)30(35)34-18-10-17-33(19-20-34)29-27(28(6-2)31-23(4)32-29)21-24-15-13-22(3)14-16-24/h7-9,11-16,26H,5-6,10,17-21H2,1-4H3. The second kappa shape index (κ2) is 11.5. The van der Waals surface area contributed by atoms with Crippen LogP contribution in [0.5, 0.6) is 0 Å². The Morgan fingerprint density at radius 3 is 2.34 bits per heavy atom. The van der Waals surface area contributed by atoms with Crippen molar-refractivity contribution in [3.8, 4) is 0 Å². The van der Waals surface area contributed by atoms with Crippen LogP contribution in [0.3, 0.4) is 0 Å². The number of hydrogen-bond donors (Lipinski definition) is 0. The Morgan fingerprint density at radius 2 is 1.66 bits per heavy atom. The molecule has 2 heterocycles. The van der Waals surface area contributed by atoms with E-state index >= 15 is 0 Å². The van der Waals surface area contributed by atoms with Crippen LogP contribution in [-0.2, 0) is 17.6 Å². The summed E-state index contributed by atoms with van der Waals surface area (Å²) < 4.78 is 0. The Bertz CT molecular complexity index is 1130. The molecule has 1 unspecified atom stereocenters. The minimum Gasteiger partial charge on any atom is -0.354 e. The first kappa shape index (κ1) is 24.9. The van der Waals surface area contributed by atoms with Crippen molar-refractivity contribution in [2.75, 3.05) is 31.1 Å². The molecule has 1 aliphatic rings. The summed E-state index contributed by atoms with van der Waals surface area (Å²) in [6.45, 7) is 11.6. The molecule has 0 radical (unpaired) electrons. The van der Waals surface area contributed by atoms with Gasteiger partial charge < -0.3 is 9.80 Å². The zero-order valence-corrected chi connectivity index (χ0v) is 21.6. The van der Waals surface area contributed by atoms with Gasteiger partial charge in [0.25, 0.3) is 0 Å². The van der Waals surface area contributed by atoms with Crippen molar-refractivity contribution in [3.63, 3.8) is 0 Å². The summed E-state index contributed by atoms with van der Waals surface area (Å²) in [5.41, 5.74) is 6.00. The fourth-order valence-electron chi connectivity index (χ4n) is 5.09. The van der Waals surface area contributed by atoms with E-state index in [-0.39, 0.29) is 11.8 Å². The van der Waals surface area contributed by atoms with Crippen molar-refractivity contribution in [2.24, 2.45) is 0 Å². The minimum atomic E-state index is -0.0761. The van der Waals surface area contributed by atoms with Crippen LogP contribution < -0.4 is 4.90 Å². The summed E-state index contributed by atoms with van der Waals surface area (Å²) in [5, 5.41) is 0. The van der Waals surface area contributed by atoms with Crippen LogP contribution in [0, 0.1) is 13.8 Å². The lowest BCUT2D eigenvalue weighted by Gasteiger charge is -2.28. The van der Waals surface area contributed by atoms with Gasteiger partial charge in [0.05, 0.1) is 5.92 Å². The van der Waals surface area contributed by atoms with Crippen molar-refractivity contribution < 1.29 is 4.79 Å². The Morgan fingerprint density at radius 1 is 0.914 bits per heavy atom. The molecule has 0 N–H and O–H groups in total. The number of carbonyl (C=O) groups excluding carboxylic acids is 1. The van der Waals surface area contributed by atoms with Crippen LogP contribution in [0.15, 0.2) is 54.6 Å². The predicted molar refractivity (Wildman–Crippen MR) is 143 cm³/mol. The first-order valence-electron chi connectivity index (χ1n) is 13.0. The number of amides is 1. The quantitative estimate of drug-likeness (QED) is 0.459. The normalized spacial score (nSPS) is 15.1. The van der Waals surface area contributed by atoms with Gasteiger partial charge in [0, 0.05) is 43.9 Å². The van der Waals surface area contributed by atoms with Gasteiger partial charge in [-0.2, -0.15) is 0 Å². The maximum Gasteiger partial charge on any atom is 0.230 e. The lowest BCUT2D eigenvalue weighted by Crippen LogP contribution is -2.38. The van der Waals surface area contributed by atoms with Crippen molar-refractivity contribution >= 4 is 11.7 Å². The third kappa shape index (κ3) is 5.90. The molecular formula is C30H38N4O. The van der Waals surface area contributed by atoms with Crippen molar-refractivity contribution in [3.05, 3.63) is 88.4 Å². The molecule has 1 aliphatic heterocycles. The molecule has 4 rings (SSSR count). The first-order chi connectivity index (χ1) is 17.0. The molecule has 1 aromatic heterocycles. The predicted octanol–water partition coefficient (Wildman–Crippen LogP) is 5.48. The second-order valence-corrected chi connectivity index (χ2v) is 9.57. The third-order valence-electron chi connectivity index (χ3n) is 7.03. The van der Waals surface area contributed by atoms with Gasteiger partial charge in [-0.05, 0) is 44.2 Å². The van der Waals surface area contributed by atoms with Gasteiger partial charge >= 0.3 is 0 Å². The molecule has 35 heavy (non-hydrogen) atoms. The van der Waals surface area contributed by atoms with E-state index in [0.717, 1.165) is 74.8 Å². The van der Waals surface area contributed by atoms with Crippen LogP contribution in [0.4, 0.5) is 5.82 Å². The number of carbonyl (C=O) groups is 1. The Hall–Kier alpha value is -3.21. The van der Waals surface area contributed by atoms with Crippen LogP contribution >= 0.6 is 0 Å². The van der Waals surface area contributed by atoms with E-state index in [4.69, 9.17) is 9.97 Å². The molecule has 5 nitrogen and oxygen atoms in total. The topological polar surface area (TPSA) is 49.3 Å². The molecule has 2 aromatic carbocycles. The highest BCUT2D eigenvalue weighted by Gasteiger charge is 2.27. The van der Waals surface area contributed by atoms with Gasteiger partial charge in [0.15, 0.2) is 0 Å². The van der Waals surface area contributed by atoms with Gasteiger partial charge in [0.2, 0.25) is 5.91 Å². The van der Waals surface area contributed by atoms with Gasteiger partial charge in [-0.25, -0.2) is 9.97 Å². The van der Waals surface area contributed by atoms with Crippen LogP contribution in [0.1, 0.15) is 66.4 Å². The largest absolute Gasteiger partial charge is 0.354 e. The van der Waals surface area contributed by atoms with E-state index in [0.29, 0.717) is 0 Å². The summed E-state index contributed by atoms with van der Waals surface area (Å²) in [6.07, 6.45) is 3.45. The smallest absolute Gasteiger partial charge is 0.230 e. The van der Waals surface area contributed by atoms with Gasteiger partial charge in [0.1, 0.15) is 11.6 Å². The molecule has 1 atom stereocenters. The molecular weight excluding hydrogens is 432 g/mol. The second-order valence-electron chi connectivity index (χ2n) is 9.57. The van der Waals surface area contributed by atoms with E-state index in [9.17, 15) is 4.79 Å². The lowest BCUT2D eigenvalue weighted by atomic mass is 9.95. The summed E-state index contributed by atoms with van der Waals surface area (Å²) >= 11 is 0. The van der Waals surface area contributed by atoms with Crippen molar-refractivity contribution in [1.82, 2.24) is 14.9 Å². The van der Waals surface area contributed by atoms with E-state index in [2.05, 4.69) is 67.0 Å². The molecule has 0 bridgehead atoms. The van der Waals surface area contributed by atoms with Gasteiger partial charge in [-0.15, -0.1) is 0 Å². The Kier molecular flexibility index (Phi) is 8.17. The molecule has 3 aromatic rings. The number of anilines is 1. The van der Waals surface area contributed by atoms with E-state index < -0.39 is 0 Å². The third-order valence-corrected chi connectivity index (χ3v) is 7.03. The Balaban J connectivity index is 1.56. The average molecular weight is 471 g/mol. The van der Waals surface area contributed by atoms with Crippen molar-refractivity contribution in [2.45, 2.75) is 59.3 Å². The monoisotopic (exact) mass is 470 g/mol. The minimum absolute atomic E-state index is 0.0761. The number of rotatable bonds is 7. The summed E-state index contributed by atoms with van der Waals surface area (Å²) in [6, 6.07) is 18.9. The molecule has 184 valence electrons. The maximum absolute atomic E-state index is 13.5. The zero-order valence-electron chi connectivity index (χ0n) is 21.6. The fraction of sp³-hybridized carbons (Fsp3) is 0.433. The number of nitrogens with zero attached hydrogens (tertiary/aromatic N) is 4. The number of hydrogen-bond acceptors (Lipinski definition) is 4. The number of aromatic nitrogens is 2. The molecule has 0 saturated carbocycles. The zero-order chi connectivity index (χ0) is 24.8. The lowest BCUT2D eigenvalue weighted by molar-refractivity contribution is -0.132. The van der Waals surface area contributed by atoms with E-state index in [1.165, 1.54) is 16.7 Å². The van der Waals surface area contributed by atoms with Crippen molar-refractivity contribution in [1.29, 1.82) is 0 Å². The SMILES string of the molecule is CCc1nc(C)nc(N2CCCN(C(=O)C(CC)c3ccccc3)CC2)c1Cc1ccc(C)cc1. The molecule has 1 amide bonds. The fourth-order valence-corrected chi connectivity index (χ4v) is 5.09. The number of aryl methyl sites for hydroxylation is 3. The first-order valence-corrected chi connectivity index (χ1v) is 13.0. The van der Waals surface area contributed by atoms with Crippen LogP contribution in [-0.4, -0.2) is 47.0 Å². The summed E-state index contributed by atoms with van der Waals surface area (Å²) in [4.78, 5) is 27.7. The van der Waals surface area contributed by atoms with E-state index in [1.807, 2.05) is 25.1 Å². The highest BCUT2D eigenvalue weighted by atomic mass is 16.2. The number of benzene rings is 2.